The Morgan fingerprint density at radius 1 is 1.21 bits per heavy atom. The maximum absolute atomic E-state index is 12.2. The molecule has 0 amide bonds. The SMILES string of the molecule is CC1(C)OB(c2cnn(CC(F)(F)F)n2)OC1(C)C. The number of hydrogen-bond donors (Lipinski definition) is 0. The first kappa shape index (κ1) is 14.3. The van der Waals surface area contributed by atoms with Crippen molar-refractivity contribution in [1.29, 1.82) is 0 Å². The number of alkyl halides is 3. The van der Waals surface area contributed by atoms with Crippen molar-refractivity contribution in [1.82, 2.24) is 15.0 Å². The van der Waals surface area contributed by atoms with E-state index < -0.39 is 31.0 Å². The minimum absolute atomic E-state index is 0.239. The first-order valence-electron chi connectivity index (χ1n) is 5.83. The molecule has 19 heavy (non-hydrogen) atoms. The van der Waals surface area contributed by atoms with Crippen LogP contribution in [0.5, 0.6) is 0 Å². The summed E-state index contributed by atoms with van der Waals surface area (Å²) in [5.41, 5.74) is -0.889. The van der Waals surface area contributed by atoms with Gasteiger partial charge in [-0.25, -0.2) is 0 Å². The molecule has 1 aliphatic heterocycles. The number of aromatic nitrogens is 3. The highest BCUT2D eigenvalue weighted by molar-refractivity contribution is 6.61. The summed E-state index contributed by atoms with van der Waals surface area (Å²) < 4.78 is 48.0. The standard InChI is InChI=1S/C10H15BF3N3O2/c1-8(2)9(3,4)19-11(18-8)7-5-15-17(16-7)6-10(12,13)14/h5H,6H2,1-4H3. The monoisotopic (exact) mass is 277 g/mol. The molecular formula is C10H15BF3N3O2. The number of halogens is 3. The minimum atomic E-state index is -4.35. The van der Waals surface area contributed by atoms with Gasteiger partial charge in [-0.15, -0.1) is 0 Å². The van der Waals surface area contributed by atoms with Crippen LogP contribution in [-0.4, -0.2) is 39.5 Å². The second-order valence-electron chi connectivity index (χ2n) is 5.50. The molecule has 1 aromatic heterocycles. The van der Waals surface area contributed by atoms with Crippen LogP contribution in [0.15, 0.2) is 6.20 Å². The lowest BCUT2D eigenvalue weighted by atomic mass is 9.86. The Labute approximate surface area is 109 Å². The van der Waals surface area contributed by atoms with E-state index in [0.29, 0.717) is 4.80 Å². The molecule has 0 aliphatic carbocycles. The largest absolute Gasteiger partial charge is 0.518 e. The van der Waals surface area contributed by atoms with Gasteiger partial charge in [0.1, 0.15) is 5.59 Å². The first-order chi connectivity index (χ1) is 8.50. The highest BCUT2D eigenvalue weighted by atomic mass is 19.4. The van der Waals surface area contributed by atoms with Crippen molar-refractivity contribution < 1.29 is 22.5 Å². The van der Waals surface area contributed by atoms with E-state index in [9.17, 15) is 13.2 Å². The van der Waals surface area contributed by atoms with E-state index in [0.717, 1.165) is 0 Å². The molecule has 1 aromatic rings. The Kier molecular flexibility index (Phi) is 3.17. The molecule has 9 heteroatoms. The van der Waals surface area contributed by atoms with Gasteiger partial charge >= 0.3 is 13.3 Å². The summed E-state index contributed by atoms with van der Waals surface area (Å²) in [5.74, 6) is 0. The summed E-state index contributed by atoms with van der Waals surface area (Å²) in [4.78, 5) is 0.584. The van der Waals surface area contributed by atoms with Crippen molar-refractivity contribution in [2.45, 2.75) is 51.6 Å². The van der Waals surface area contributed by atoms with E-state index in [-0.39, 0.29) is 5.59 Å². The Bertz CT molecular complexity index is 457. The minimum Gasteiger partial charge on any atom is -0.398 e. The van der Waals surface area contributed by atoms with Crippen LogP contribution in [0.4, 0.5) is 13.2 Å². The van der Waals surface area contributed by atoms with Crippen molar-refractivity contribution in [3.8, 4) is 0 Å². The number of hydrogen-bond acceptors (Lipinski definition) is 4. The maximum atomic E-state index is 12.2. The van der Waals surface area contributed by atoms with Crippen LogP contribution in [0, 0.1) is 0 Å². The van der Waals surface area contributed by atoms with E-state index in [1.165, 1.54) is 6.20 Å². The van der Waals surface area contributed by atoms with Crippen LogP contribution >= 0.6 is 0 Å². The zero-order valence-corrected chi connectivity index (χ0v) is 11.2. The van der Waals surface area contributed by atoms with Gasteiger partial charge in [-0.3, -0.25) is 0 Å². The lowest BCUT2D eigenvalue weighted by Crippen LogP contribution is -2.41. The normalized spacial score (nSPS) is 21.9. The van der Waals surface area contributed by atoms with E-state index in [1.807, 2.05) is 27.7 Å². The van der Waals surface area contributed by atoms with Gasteiger partial charge in [0.05, 0.1) is 17.4 Å². The summed E-state index contributed by atoms with van der Waals surface area (Å²) in [5, 5.41) is 7.31. The molecule has 5 nitrogen and oxygen atoms in total. The average Bonchev–Trinajstić information content (AvgIpc) is 2.68. The van der Waals surface area contributed by atoms with Gasteiger partial charge < -0.3 is 9.31 Å². The van der Waals surface area contributed by atoms with Crippen LogP contribution in [-0.2, 0) is 15.9 Å². The Hall–Kier alpha value is -1.09. The Morgan fingerprint density at radius 2 is 1.74 bits per heavy atom. The Morgan fingerprint density at radius 3 is 2.21 bits per heavy atom. The lowest BCUT2D eigenvalue weighted by molar-refractivity contribution is -0.144. The third-order valence-electron chi connectivity index (χ3n) is 3.37. The second-order valence-corrected chi connectivity index (χ2v) is 5.50. The molecule has 1 fully saturated rings. The predicted molar refractivity (Wildman–Crippen MR) is 61.8 cm³/mol. The molecule has 0 N–H and O–H groups in total. The summed E-state index contributed by atoms with van der Waals surface area (Å²) in [7, 11) is -0.799. The third kappa shape index (κ3) is 2.92. The molecule has 0 aromatic carbocycles. The quantitative estimate of drug-likeness (QED) is 0.761. The van der Waals surface area contributed by atoms with E-state index in [4.69, 9.17) is 9.31 Å². The van der Waals surface area contributed by atoms with Crippen molar-refractivity contribution >= 4 is 12.7 Å². The average molecular weight is 277 g/mol. The highest BCUT2D eigenvalue weighted by Crippen LogP contribution is 2.36. The molecule has 0 unspecified atom stereocenters. The predicted octanol–water partition coefficient (Wildman–Crippen LogP) is 1.14. The van der Waals surface area contributed by atoms with E-state index >= 15 is 0 Å². The summed E-state index contributed by atoms with van der Waals surface area (Å²) in [6, 6.07) is 0. The van der Waals surface area contributed by atoms with Gasteiger partial charge in [0.2, 0.25) is 0 Å². The molecule has 1 saturated heterocycles. The van der Waals surface area contributed by atoms with Gasteiger partial charge in [0.15, 0.2) is 6.54 Å². The van der Waals surface area contributed by atoms with Crippen LogP contribution in [0.2, 0.25) is 0 Å². The van der Waals surface area contributed by atoms with E-state index in [2.05, 4.69) is 10.2 Å². The summed E-state index contributed by atoms with van der Waals surface area (Å²) >= 11 is 0. The van der Waals surface area contributed by atoms with Crippen molar-refractivity contribution in [2.24, 2.45) is 0 Å². The first-order valence-corrected chi connectivity index (χ1v) is 5.83. The molecule has 0 bridgehead atoms. The highest BCUT2D eigenvalue weighted by Gasteiger charge is 2.52. The molecule has 1 aliphatic rings. The molecule has 0 saturated carbocycles. The molecule has 0 spiro atoms. The molecular weight excluding hydrogens is 262 g/mol. The number of rotatable bonds is 2. The van der Waals surface area contributed by atoms with Crippen molar-refractivity contribution in [3.05, 3.63) is 6.20 Å². The smallest absolute Gasteiger partial charge is 0.398 e. The zero-order chi connectivity index (χ0) is 14.5. The van der Waals surface area contributed by atoms with Crippen LogP contribution in [0.25, 0.3) is 0 Å². The fourth-order valence-corrected chi connectivity index (χ4v) is 1.62. The molecule has 0 radical (unpaired) electrons. The zero-order valence-electron chi connectivity index (χ0n) is 11.2. The fraction of sp³-hybridized carbons (Fsp3) is 0.800. The Balaban J connectivity index is 2.13. The fourth-order valence-electron chi connectivity index (χ4n) is 1.62. The second kappa shape index (κ2) is 4.21. The van der Waals surface area contributed by atoms with Gasteiger partial charge in [0, 0.05) is 0 Å². The van der Waals surface area contributed by atoms with Gasteiger partial charge in [-0.1, -0.05) is 0 Å². The van der Waals surface area contributed by atoms with Gasteiger partial charge in [0.25, 0.3) is 0 Å². The summed E-state index contributed by atoms with van der Waals surface area (Å²) in [6.45, 7) is 6.19. The molecule has 0 atom stereocenters. The lowest BCUT2D eigenvalue weighted by Gasteiger charge is -2.32. The topological polar surface area (TPSA) is 49.2 Å². The molecule has 2 rings (SSSR count). The van der Waals surface area contributed by atoms with Crippen LogP contribution < -0.4 is 5.59 Å². The summed E-state index contributed by atoms with van der Waals surface area (Å²) in [6.07, 6.45) is -3.12. The molecule has 2 heterocycles. The number of nitrogens with zero attached hydrogens (tertiary/aromatic N) is 3. The van der Waals surface area contributed by atoms with Crippen LogP contribution in [0.3, 0.4) is 0 Å². The van der Waals surface area contributed by atoms with E-state index in [1.54, 1.807) is 0 Å². The van der Waals surface area contributed by atoms with Gasteiger partial charge in [-0.05, 0) is 27.7 Å². The third-order valence-corrected chi connectivity index (χ3v) is 3.37. The van der Waals surface area contributed by atoms with Gasteiger partial charge in [-0.2, -0.15) is 28.2 Å². The van der Waals surface area contributed by atoms with Crippen molar-refractivity contribution in [3.63, 3.8) is 0 Å². The van der Waals surface area contributed by atoms with Crippen molar-refractivity contribution in [2.75, 3.05) is 0 Å². The van der Waals surface area contributed by atoms with Crippen LogP contribution in [0.1, 0.15) is 27.7 Å². The maximum Gasteiger partial charge on any atom is 0.518 e. The molecule has 106 valence electrons.